The predicted molar refractivity (Wildman–Crippen MR) is 79.1 cm³/mol. The number of aromatic nitrogens is 1. The number of hydrogen-bond acceptors (Lipinski definition) is 4. The van der Waals surface area contributed by atoms with Crippen LogP contribution in [0, 0.1) is 0 Å². The molecule has 2 aromatic rings. The van der Waals surface area contributed by atoms with E-state index in [1.54, 1.807) is 24.4 Å². The molecule has 1 aromatic carbocycles. The number of rotatable bonds is 4. The maximum Gasteiger partial charge on any atom is 0.238 e. The minimum Gasteiger partial charge on any atom is -0.376 e. The summed E-state index contributed by atoms with van der Waals surface area (Å²) < 4.78 is 22.4. The second-order valence-electron chi connectivity index (χ2n) is 4.32. The Hall–Kier alpha value is -1.63. The molecule has 3 N–H and O–H groups in total. The van der Waals surface area contributed by atoms with E-state index in [0.29, 0.717) is 5.15 Å². The van der Waals surface area contributed by atoms with Gasteiger partial charge in [0.2, 0.25) is 10.0 Å². The Balaban J connectivity index is 2.18. The number of primary sulfonamides is 1. The number of anilines is 1. The number of sulfonamides is 1. The molecule has 1 heterocycles. The molecule has 0 saturated carbocycles. The highest BCUT2D eigenvalue weighted by molar-refractivity contribution is 7.89. The van der Waals surface area contributed by atoms with Gasteiger partial charge in [-0.05, 0) is 36.8 Å². The van der Waals surface area contributed by atoms with Gasteiger partial charge in [0.25, 0.3) is 0 Å². The number of nitrogens with one attached hydrogen (secondary N) is 1. The molecule has 0 radical (unpaired) electrons. The molecule has 0 amide bonds. The van der Waals surface area contributed by atoms with Crippen LogP contribution in [0.25, 0.3) is 0 Å². The van der Waals surface area contributed by atoms with Crippen molar-refractivity contribution in [2.75, 3.05) is 5.32 Å². The van der Waals surface area contributed by atoms with Gasteiger partial charge < -0.3 is 5.32 Å². The van der Waals surface area contributed by atoms with Crippen LogP contribution >= 0.6 is 11.6 Å². The van der Waals surface area contributed by atoms with E-state index >= 15 is 0 Å². The third kappa shape index (κ3) is 3.47. The monoisotopic (exact) mass is 311 g/mol. The molecule has 0 aliphatic heterocycles. The van der Waals surface area contributed by atoms with Gasteiger partial charge in [-0.2, -0.15) is 0 Å². The number of nitrogens with zero attached hydrogens (tertiary/aromatic N) is 1. The zero-order chi connectivity index (χ0) is 14.8. The summed E-state index contributed by atoms with van der Waals surface area (Å²) in [5, 5.41) is 8.66. The number of hydrogen-bond donors (Lipinski definition) is 2. The van der Waals surface area contributed by atoms with Crippen LogP contribution in [0.2, 0.25) is 5.15 Å². The summed E-state index contributed by atoms with van der Waals surface area (Å²) in [5.74, 6) is 0. The van der Waals surface area contributed by atoms with E-state index in [-0.39, 0.29) is 10.9 Å². The molecule has 0 fully saturated rings. The van der Waals surface area contributed by atoms with E-state index in [4.69, 9.17) is 16.7 Å². The Morgan fingerprint density at radius 2 is 1.90 bits per heavy atom. The summed E-state index contributed by atoms with van der Waals surface area (Å²) in [5.41, 5.74) is 1.63. The molecule has 2 rings (SSSR count). The maximum absolute atomic E-state index is 11.2. The molecule has 0 aliphatic rings. The van der Waals surface area contributed by atoms with E-state index < -0.39 is 10.0 Å². The SMILES string of the molecule is CC(Nc1cccnc1Cl)c1ccc(S(N)(=O)=O)cc1. The Morgan fingerprint density at radius 3 is 2.45 bits per heavy atom. The van der Waals surface area contributed by atoms with Crippen molar-refractivity contribution in [3.8, 4) is 0 Å². The Morgan fingerprint density at radius 1 is 1.25 bits per heavy atom. The van der Waals surface area contributed by atoms with Crippen LogP contribution in [-0.4, -0.2) is 13.4 Å². The topological polar surface area (TPSA) is 85.1 Å². The predicted octanol–water partition coefficient (Wildman–Crippen LogP) is 2.56. The molecule has 0 spiro atoms. The molecule has 0 aliphatic carbocycles. The third-order valence-corrected chi connectivity index (χ3v) is 4.07. The fourth-order valence-electron chi connectivity index (χ4n) is 1.76. The standard InChI is InChI=1S/C13H14ClN3O2S/c1-9(17-12-3-2-8-16-13(12)14)10-4-6-11(7-5-10)20(15,18)19/h2-9,17H,1H3,(H2,15,18,19). The van der Waals surface area contributed by atoms with Crippen molar-refractivity contribution >= 4 is 27.3 Å². The minimum absolute atomic E-state index is 0.0498. The van der Waals surface area contributed by atoms with Gasteiger partial charge in [0.05, 0.1) is 10.6 Å². The molecular weight excluding hydrogens is 298 g/mol. The van der Waals surface area contributed by atoms with E-state index in [0.717, 1.165) is 11.3 Å². The molecular formula is C13H14ClN3O2S. The largest absolute Gasteiger partial charge is 0.376 e. The van der Waals surface area contributed by atoms with Gasteiger partial charge in [0, 0.05) is 12.2 Å². The van der Waals surface area contributed by atoms with Gasteiger partial charge in [-0.25, -0.2) is 18.5 Å². The summed E-state index contributed by atoms with van der Waals surface area (Å²) in [6.45, 7) is 1.94. The van der Waals surface area contributed by atoms with E-state index in [9.17, 15) is 8.42 Å². The van der Waals surface area contributed by atoms with Gasteiger partial charge in [-0.15, -0.1) is 0 Å². The lowest BCUT2D eigenvalue weighted by atomic mass is 10.1. The second kappa shape index (κ2) is 5.78. The normalized spacial score (nSPS) is 12.9. The van der Waals surface area contributed by atoms with Crippen molar-refractivity contribution in [2.45, 2.75) is 17.9 Å². The van der Waals surface area contributed by atoms with Crippen molar-refractivity contribution in [3.63, 3.8) is 0 Å². The van der Waals surface area contributed by atoms with Crippen LogP contribution in [0.3, 0.4) is 0 Å². The van der Waals surface area contributed by atoms with Crippen molar-refractivity contribution in [1.29, 1.82) is 0 Å². The lowest BCUT2D eigenvalue weighted by Crippen LogP contribution is -2.12. The van der Waals surface area contributed by atoms with Crippen LogP contribution in [0.1, 0.15) is 18.5 Å². The molecule has 106 valence electrons. The first-order valence-electron chi connectivity index (χ1n) is 5.88. The molecule has 20 heavy (non-hydrogen) atoms. The number of nitrogens with two attached hydrogens (primary N) is 1. The van der Waals surface area contributed by atoms with Crippen LogP contribution < -0.4 is 10.5 Å². The highest BCUT2D eigenvalue weighted by Crippen LogP contribution is 2.24. The quantitative estimate of drug-likeness (QED) is 0.850. The van der Waals surface area contributed by atoms with Crippen LogP contribution in [0.15, 0.2) is 47.5 Å². The molecule has 1 unspecified atom stereocenters. The summed E-state index contributed by atoms with van der Waals surface area (Å²) in [6, 6.07) is 9.94. The molecule has 7 heteroatoms. The smallest absolute Gasteiger partial charge is 0.238 e. The molecule has 5 nitrogen and oxygen atoms in total. The van der Waals surface area contributed by atoms with E-state index in [1.165, 1.54) is 12.1 Å². The minimum atomic E-state index is -3.66. The lowest BCUT2D eigenvalue weighted by molar-refractivity contribution is 0.597. The zero-order valence-electron chi connectivity index (χ0n) is 10.7. The van der Waals surface area contributed by atoms with Crippen LogP contribution in [-0.2, 0) is 10.0 Å². The molecule has 1 atom stereocenters. The summed E-state index contributed by atoms with van der Waals surface area (Å²) in [6.07, 6.45) is 1.61. The number of pyridine rings is 1. The Bertz CT molecular complexity index is 702. The third-order valence-electron chi connectivity index (χ3n) is 2.84. The van der Waals surface area contributed by atoms with Crippen molar-refractivity contribution in [2.24, 2.45) is 5.14 Å². The molecule has 1 aromatic heterocycles. The fraction of sp³-hybridized carbons (Fsp3) is 0.154. The fourth-order valence-corrected chi connectivity index (χ4v) is 2.45. The highest BCUT2D eigenvalue weighted by atomic mass is 35.5. The van der Waals surface area contributed by atoms with E-state index in [1.807, 2.05) is 13.0 Å². The highest BCUT2D eigenvalue weighted by Gasteiger charge is 2.11. The molecule has 0 saturated heterocycles. The summed E-state index contributed by atoms with van der Waals surface area (Å²) in [7, 11) is -3.66. The zero-order valence-corrected chi connectivity index (χ0v) is 12.3. The van der Waals surface area contributed by atoms with E-state index in [2.05, 4.69) is 10.3 Å². The van der Waals surface area contributed by atoms with Gasteiger partial charge in [-0.3, -0.25) is 0 Å². The maximum atomic E-state index is 11.2. The van der Waals surface area contributed by atoms with Crippen LogP contribution in [0.5, 0.6) is 0 Å². The van der Waals surface area contributed by atoms with Crippen molar-refractivity contribution in [3.05, 3.63) is 53.3 Å². The van der Waals surface area contributed by atoms with Crippen molar-refractivity contribution in [1.82, 2.24) is 4.98 Å². The van der Waals surface area contributed by atoms with Gasteiger partial charge in [-0.1, -0.05) is 23.7 Å². The summed E-state index contributed by atoms with van der Waals surface area (Å²) >= 11 is 5.97. The van der Waals surface area contributed by atoms with Gasteiger partial charge in [0.15, 0.2) is 5.15 Å². The first-order valence-corrected chi connectivity index (χ1v) is 7.80. The average Bonchev–Trinajstić information content (AvgIpc) is 2.40. The number of benzene rings is 1. The van der Waals surface area contributed by atoms with Crippen LogP contribution in [0.4, 0.5) is 5.69 Å². The molecule has 0 bridgehead atoms. The second-order valence-corrected chi connectivity index (χ2v) is 6.24. The van der Waals surface area contributed by atoms with Gasteiger partial charge >= 0.3 is 0 Å². The van der Waals surface area contributed by atoms with Gasteiger partial charge in [0.1, 0.15) is 0 Å². The average molecular weight is 312 g/mol. The Kier molecular flexibility index (Phi) is 4.27. The number of halogens is 1. The lowest BCUT2D eigenvalue weighted by Gasteiger charge is -2.16. The Labute approximate surface area is 122 Å². The summed E-state index contributed by atoms with van der Waals surface area (Å²) in [4.78, 5) is 4.07. The first-order chi connectivity index (χ1) is 9.38. The first kappa shape index (κ1) is 14.8. The van der Waals surface area contributed by atoms with Crippen molar-refractivity contribution < 1.29 is 8.42 Å².